The van der Waals surface area contributed by atoms with Crippen molar-refractivity contribution in [1.82, 2.24) is 0 Å². The Morgan fingerprint density at radius 1 is 1.00 bits per heavy atom. The zero-order valence-electron chi connectivity index (χ0n) is 10.8. The van der Waals surface area contributed by atoms with E-state index in [-0.39, 0.29) is 0 Å². The number of halogens is 4. The predicted molar refractivity (Wildman–Crippen MR) is 95.3 cm³/mol. The molecule has 1 unspecified atom stereocenters. The minimum Gasteiger partial charge on any atom is -0.0925 e. The fourth-order valence-electron chi connectivity index (χ4n) is 2.19. The quantitative estimate of drug-likeness (QED) is 0.466. The monoisotopic (exact) mass is 434 g/mol. The first kappa shape index (κ1) is 16.4. The predicted octanol–water partition coefficient (Wildman–Crippen LogP) is 6.55. The van der Waals surface area contributed by atoms with E-state index in [1.54, 1.807) is 0 Å². The molecule has 0 bridgehead atoms. The SMILES string of the molecule is Clc1ccc(Cl)c(CC(CBr)Cc2cccc(Br)c2)c1. The Labute approximate surface area is 146 Å². The highest BCUT2D eigenvalue weighted by molar-refractivity contribution is 9.10. The number of hydrogen-bond acceptors (Lipinski definition) is 0. The Balaban J connectivity index is 2.11. The van der Waals surface area contributed by atoms with Gasteiger partial charge in [-0.2, -0.15) is 0 Å². The molecule has 0 saturated heterocycles. The van der Waals surface area contributed by atoms with Gasteiger partial charge in [-0.05, 0) is 60.2 Å². The van der Waals surface area contributed by atoms with Crippen molar-refractivity contribution >= 4 is 55.1 Å². The summed E-state index contributed by atoms with van der Waals surface area (Å²) in [5.74, 6) is 0.486. The van der Waals surface area contributed by atoms with Crippen molar-refractivity contribution in [2.75, 3.05) is 5.33 Å². The summed E-state index contributed by atoms with van der Waals surface area (Å²) in [6.07, 6.45) is 1.92. The van der Waals surface area contributed by atoms with E-state index in [0.717, 1.165) is 38.3 Å². The van der Waals surface area contributed by atoms with Gasteiger partial charge in [0.1, 0.15) is 0 Å². The van der Waals surface area contributed by atoms with E-state index in [9.17, 15) is 0 Å². The summed E-state index contributed by atoms with van der Waals surface area (Å²) in [7, 11) is 0. The first-order chi connectivity index (χ1) is 9.58. The highest BCUT2D eigenvalue weighted by atomic mass is 79.9. The molecule has 0 nitrogen and oxygen atoms in total. The summed E-state index contributed by atoms with van der Waals surface area (Å²) in [5, 5.41) is 2.46. The molecular weight excluding hydrogens is 423 g/mol. The summed E-state index contributed by atoms with van der Waals surface area (Å²) in [6, 6.07) is 14.1. The third-order valence-electron chi connectivity index (χ3n) is 3.15. The summed E-state index contributed by atoms with van der Waals surface area (Å²) in [5.41, 5.74) is 2.43. The van der Waals surface area contributed by atoms with E-state index < -0.39 is 0 Å². The molecule has 0 N–H and O–H groups in total. The zero-order chi connectivity index (χ0) is 14.5. The van der Waals surface area contributed by atoms with E-state index in [4.69, 9.17) is 23.2 Å². The maximum Gasteiger partial charge on any atom is 0.0439 e. The van der Waals surface area contributed by atoms with Crippen LogP contribution in [0.25, 0.3) is 0 Å². The van der Waals surface area contributed by atoms with Crippen LogP contribution in [0.1, 0.15) is 11.1 Å². The maximum atomic E-state index is 6.24. The third-order valence-corrected chi connectivity index (χ3v) is 5.16. The molecule has 1 atom stereocenters. The van der Waals surface area contributed by atoms with Gasteiger partial charge in [0.15, 0.2) is 0 Å². The summed E-state index contributed by atoms with van der Waals surface area (Å²) in [6.45, 7) is 0. The average molecular weight is 437 g/mol. The van der Waals surface area contributed by atoms with Crippen LogP contribution in [-0.4, -0.2) is 5.33 Å². The van der Waals surface area contributed by atoms with E-state index >= 15 is 0 Å². The molecule has 106 valence electrons. The van der Waals surface area contributed by atoms with Gasteiger partial charge in [-0.15, -0.1) is 0 Å². The minimum atomic E-state index is 0.486. The summed E-state index contributed by atoms with van der Waals surface area (Å²) >= 11 is 19.4. The molecule has 0 amide bonds. The lowest BCUT2D eigenvalue weighted by atomic mass is 9.94. The Kier molecular flexibility index (Phi) is 6.41. The normalized spacial score (nSPS) is 12.4. The minimum absolute atomic E-state index is 0.486. The molecule has 0 radical (unpaired) electrons. The van der Waals surface area contributed by atoms with Gasteiger partial charge in [0.2, 0.25) is 0 Å². The van der Waals surface area contributed by atoms with Crippen LogP contribution in [0.5, 0.6) is 0 Å². The van der Waals surface area contributed by atoms with Gasteiger partial charge in [0.25, 0.3) is 0 Å². The molecular formula is C16H14Br2Cl2. The number of rotatable bonds is 5. The van der Waals surface area contributed by atoms with Gasteiger partial charge >= 0.3 is 0 Å². The highest BCUT2D eigenvalue weighted by Gasteiger charge is 2.12. The largest absolute Gasteiger partial charge is 0.0925 e. The zero-order valence-corrected chi connectivity index (χ0v) is 15.4. The Hall–Kier alpha value is -0.0200. The topological polar surface area (TPSA) is 0 Å². The van der Waals surface area contributed by atoms with E-state index in [1.165, 1.54) is 5.56 Å². The highest BCUT2D eigenvalue weighted by Crippen LogP contribution is 2.26. The molecule has 2 rings (SSSR count). The number of benzene rings is 2. The van der Waals surface area contributed by atoms with Crippen LogP contribution in [-0.2, 0) is 12.8 Å². The Morgan fingerprint density at radius 3 is 2.50 bits per heavy atom. The molecule has 2 aromatic rings. The summed E-state index contributed by atoms with van der Waals surface area (Å²) < 4.78 is 1.11. The second-order valence-corrected chi connectivity index (χ2v) is 7.20. The van der Waals surface area contributed by atoms with Crippen LogP contribution in [0, 0.1) is 5.92 Å². The molecule has 0 aliphatic heterocycles. The third kappa shape index (κ3) is 4.77. The van der Waals surface area contributed by atoms with Gasteiger partial charge in [0, 0.05) is 19.8 Å². The lowest BCUT2D eigenvalue weighted by molar-refractivity contribution is 0.591. The smallest absolute Gasteiger partial charge is 0.0439 e. The van der Waals surface area contributed by atoms with Crippen molar-refractivity contribution in [3.8, 4) is 0 Å². The van der Waals surface area contributed by atoms with E-state index in [0.29, 0.717) is 5.92 Å². The average Bonchev–Trinajstić information content (AvgIpc) is 2.42. The van der Waals surface area contributed by atoms with Crippen molar-refractivity contribution in [2.24, 2.45) is 5.92 Å². The standard InChI is InChI=1S/C16H14Br2Cl2/c17-10-12(6-11-2-1-3-14(18)8-11)7-13-9-15(19)4-5-16(13)20/h1-5,8-9,12H,6-7,10H2. The molecule has 0 heterocycles. The van der Waals surface area contributed by atoms with Crippen LogP contribution >= 0.6 is 55.1 Å². The molecule has 0 aromatic heterocycles. The first-order valence-electron chi connectivity index (χ1n) is 6.33. The Morgan fingerprint density at radius 2 is 1.80 bits per heavy atom. The molecule has 20 heavy (non-hydrogen) atoms. The van der Waals surface area contributed by atoms with E-state index in [1.807, 2.05) is 24.3 Å². The molecule has 4 heteroatoms. The van der Waals surface area contributed by atoms with Crippen molar-refractivity contribution in [3.63, 3.8) is 0 Å². The molecule has 0 aliphatic carbocycles. The molecule has 0 spiro atoms. The second kappa shape index (κ2) is 7.84. The van der Waals surface area contributed by atoms with Gasteiger partial charge < -0.3 is 0 Å². The van der Waals surface area contributed by atoms with Crippen LogP contribution in [0.2, 0.25) is 10.0 Å². The van der Waals surface area contributed by atoms with Crippen molar-refractivity contribution in [3.05, 3.63) is 68.1 Å². The second-order valence-electron chi connectivity index (χ2n) is 4.79. The van der Waals surface area contributed by atoms with Crippen LogP contribution in [0.15, 0.2) is 46.9 Å². The summed E-state index contributed by atoms with van der Waals surface area (Å²) in [4.78, 5) is 0. The van der Waals surface area contributed by atoms with Crippen molar-refractivity contribution in [2.45, 2.75) is 12.8 Å². The lowest BCUT2D eigenvalue weighted by Gasteiger charge is -2.15. The molecule has 0 fully saturated rings. The fourth-order valence-corrected chi connectivity index (χ4v) is 3.48. The van der Waals surface area contributed by atoms with Gasteiger partial charge in [-0.1, -0.05) is 67.2 Å². The number of hydrogen-bond donors (Lipinski definition) is 0. The van der Waals surface area contributed by atoms with Crippen LogP contribution in [0.4, 0.5) is 0 Å². The number of alkyl halides is 1. The van der Waals surface area contributed by atoms with Gasteiger partial charge in [-0.25, -0.2) is 0 Å². The van der Waals surface area contributed by atoms with Crippen molar-refractivity contribution < 1.29 is 0 Å². The van der Waals surface area contributed by atoms with Crippen LogP contribution < -0.4 is 0 Å². The maximum absolute atomic E-state index is 6.24. The molecule has 2 aromatic carbocycles. The fraction of sp³-hybridized carbons (Fsp3) is 0.250. The molecule has 0 aliphatic rings. The van der Waals surface area contributed by atoms with Crippen molar-refractivity contribution in [1.29, 1.82) is 0 Å². The first-order valence-corrected chi connectivity index (χ1v) is 9.00. The lowest BCUT2D eigenvalue weighted by Crippen LogP contribution is -2.10. The molecule has 0 saturated carbocycles. The Bertz CT molecular complexity index is 584. The van der Waals surface area contributed by atoms with E-state index in [2.05, 4.69) is 50.1 Å². The van der Waals surface area contributed by atoms with Crippen LogP contribution in [0.3, 0.4) is 0 Å². The van der Waals surface area contributed by atoms with Gasteiger partial charge in [0.05, 0.1) is 0 Å². The van der Waals surface area contributed by atoms with Gasteiger partial charge in [-0.3, -0.25) is 0 Å².